The molecule has 7 heteroatoms. The number of carboxylic acids is 1. The summed E-state index contributed by atoms with van der Waals surface area (Å²) in [6, 6.07) is 10.0. The van der Waals surface area contributed by atoms with Gasteiger partial charge in [-0.3, -0.25) is 19.2 Å². The molecule has 0 bridgehead atoms. The van der Waals surface area contributed by atoms with Crippen molar-refractivity contribution in [3.05, 3.63) is 64.1 Å². The first kappa shape index (κ1) is 17.1. The van der Waals surface area contributed by atoms with Gasteiger partial charge in [0.2, 0.25) is 5.91 Å². The first-order valence-electron chi connectivity index (χ1n) is 7.18. The lowest BCUT2D eigenvalue weighted by Crippen LogP contribution is -2.29. The number of amides is 1. The molecule has 0 saturated heterocycles. The summed E-state index contributed by atoms with van der Waals surface area (Å²) in [5.41, 5.74) is 0.0909. The van der Waals surface area contributed by atoms with Crippen LogP contribution >= 0.6 is 0 Å². The van der Waals surface area contributed by atoms with Crippen LogP contribution in [0.3, 0.4) is 0 Å². The lowest BCUT2D eigenvalue weighted by Gasteiger charge is -2.12. The van der Waals surface area contributed by atoms with E-state index < -0.39 is 24.0 Å². The van der Waals surface area contributed by atoms with Crippen LogP contribution in [0.2, 0.25) is 0 Å². The van der Waals surface area contributed by atoms with Crippen molar-refractivity contribution < 1.29 is 19.5 Å². The minimum Gasteiger partial charge on any atom is -0.480 e. The maximum absolute atomic E-state index is 12.4. The van der Waals surface area contributed by atoms with Crippen molar-refractivity contribution in [3.8, 4) is 0 Å². The van der Waals surface area contributed by atoms with Crippen molar-refractivity contribution in [1.82, 2.24) is 4.57 Å². The highest BCUT2D eigenvalue weighted by Crippen LogP contribution is 2.14. The van der Waals surface area contributed by atoms with Crippen LogP contribution in [-0.4, -0.2) is 27.3 Å². The number of Topliss-reactive ketones (excluding diaryl/α,β-unsaturated/α-hetero) is 1. The molecular formula is C17H16N2O5. The predicted octanol–water partition coefficient (Wildman–Crippen LogP) is 1.32. The third kappa shape index (κ3) is 4.16. The quantitative estimate of drug-likeness (QED) is 0.778. The fourth-order valence-electron chi connectivity index (χ4n) is 2.24. The summed E-state index contributed by atoms with van der Waals surface area (Å²) in [6.45, 7) is 0.703. The largest absolute Gasteiger partial charge is 0.480 e. The number of aliphatic carboxylic acids is 1. The predicted molar refractivity (Wildman–Crippen MR) is 87.1 cm³/mol. The van der Waals surface area contributed by atoms with E-state index in [0.717, 1.165) is 4.57 Å². The second kappa shape index (κ2) is 7.36. The minimum atomic E-state index is -1.18. The highest BCUT2D eigenvalue weighted by atomic mass is 16.4. The van der Waals surface area contributed by atoms with Gasteiger partial charge in [0.1, 0.15) is 12.2 Å². The Balaban J connectivity index is 2.40. The maximum Gasteiger partial charge on any atom is 0.323 e. The standard InChI is InChI=1S/C17H16N2O5/c1-11(20)18-16-13(7-8-19(17(16)24)10-15(22)23)9-14(21)12-5-3-2-4-6-12/h2-8H,9-10H2,1H3,(H,18,20)(H,22,23). The summed E-state index contributed by atoms with van der Waals surface area (Å²) in [5.74, 6) is -1.87. The molecule has 1 heterocycles. The van der Waals surface area contributed by atoms with Gasteiger partial charge in [0.05, 0.1) is 0 Å². The van der Waals surface area contributed by atoms with Crippen LogP contribution in [0.4, 0.5) is 5.69 Å². The van der Waals surface area contributed by atoms with Crippen molar-refractivity contribution >= 4 is 23.3 Å². The molecule has 0 aliphatic carbocycles. The fourth-order valence-corrected chi connectivity index (χ4v) is 2.24. The molecule has 0 saturated carbocycles. The zero-order valence-corrected chi connectivity index (χ0v) is 13.0. The summed E-state index contributed by atoms with van der Waals surface area (Å²) in [4.78, 5) is 46.8. The molecule has 1 amide bonds. The molecule has 2 rings (SSSR count). The number of hydrogen-bond donors (Lipinski definition) is 2. The van der Waals surface area contributed by atoms with E-state index in [1.165, 1.54) is 19.2 Å². The Kier molecular flexibility index (Phi) is 5.26. The molecular weight excluding hydrogens is 312 g/mol. The Morgan fingerprint density at radius 3 is 2.38 bits per heavy atom. The molecule has 0 radical (unpaired) electrons. The number of carboxylic acid groups (broad SMARTS) is 1. The van der Waals surface area contributed by atoms with Crippen molar-refractivity contribution in [2.75, 3.05) is 5.32 Å². The van der Waals surface area contributed by atoms with E-state index in [1.807, 2.05) is 0 Å². The van der Waals surface area contributed by atoms with E-state index in [9.17, 15) is 19.2 Å². The third-order valence-corrected chi connectivity index (χ3v) is 3.30. The minimum absolute atomic E-state index is 0.0736. The number of benzene rings is 1. The lowest BCUT2D eigenvalue weighted by atomic mass is 10.0. The zero-order valence-electron chi connectivity index (χ0n) is 13.0. The normalized spacial score (nSPS) is 10.2. The van der Waals surface area contributed by atoms with E-state index in [0.29, 0.717) is 11.1 Å². The van der Waals surface area contributed by atoms with Gasteiger partial charge in [-0.1, -0.05) is 30.3 Å². The second-order valence-corrected chi connectivity index (χ2v) is 5.19. The van der Waals surface area contributed by atoms with E-state index in [2.05, 4.69) is 5.32 Å². The number of carbonyl (C=O) groups excluding carboxylic acids is 2. The first-order chi connectivity index (χ1) is 11.4. The summed E-state index contributed by atoms with van der Waals surface area (Å²) in [5, 5.41) is 11.2. The van der Waals surface area contributed by atoms with Gasteiger partial charge in [0.15, 0.2) is 5.78 Å². The average Bonchev–Trinajstić information content (AvgIpc) is 2.53. The van der Waals surface area contributed by atoms with Crippen LogP contribution < -0.4 is 10.9 Å². The van der Waals surface area contributed by atoms with E-state index in [-0.39, 0.29) is 17.9 Å². The van der Waals surface area contributed by atoms with Crippen molar-refractivity contribution in [2.24, 2.45) is 0 Å². The Hall–Kier alpha value is -3.22. The highest BCUT2D eigenvalue weighted by molar-refractivity contribution is 5.99. The van der Waals surface area contributed by atoms with Gasteiger partial charge >= 0.3 is 5.97 Å². The SMILES string of the molecule is CC(=O)Nc1c(CC(=O)c2ccccc2)ccn(CC(=O)O)c1=O. The van der Waals surface area contributed by atoms with E-state index in [1.54, 1.807) is 30.3 Å². The van der Waals surface area contributed by atoms with E-state index in [4.69, 9.17) is 5.11 Å². The number of pyridine rings is 1. The average molecular weight is 328 g/mol. The van der Waals surface area contributed by atoms with Crippen molar-refractivity contribution in [1.29, 1.82) is 0 Å². The molecule has 0 aliphatic rings. The lowest BCUT2D eigenvalue weighted by molar-refractivity contribution is -0.137. The van der Waals surface area contributed by atoms with Crippen LogP contribution in [0.15, 0.2) is 47.4 Å². The number of nitrogens with zero attached hydrogens (tertiary/aromatic N) is 1. The molecule has 0 fully saturated rings. The van der Waals surface area contributed by atoms with Gasteiger partial charge in [-0.2, -0.15) is 0 Å². The topological polar surface area (TPSA) is 105 Å². The Morgan fingerprint density at radius 1 is 1.12 bits per heavy atom. The van der Waals surface area contributed by atoms with Crippen molar-refractivity contribution in [2.45, 2.75) is 19.9 Å². The molecule has 1 aromatic carbocycles. The molecule has 0 aliphatic heterocycles. The number of rotatable bonds is 6. The number of ketones is 1. The molecule has 7 nitrogen and oxygen atoms in total. The summed E-state index contributed by atoms with van der Waals surface area (Å²) >= 11 is 0. The van der Waals surface area contributed by atoms with Crippen LogP contribution in [0.5, 0.6) is 0 Å². The Labute approximate surface area is 137 Å². The van der Waals surface area contributed by atoms with Gasteiger partial charge in [-0.05, 0) is 11.6 Å². The smallest absolute Gasteiger partial charge is 0.323 e. The molecule has 0 atom stereocenters. The van der Waals surface area contributed by atoms with Crippen LogP contribution in [0, 0.1) is 0 Å². The molecule has 24 heavy (non-hydrogen) atoms. The van der Waals surface area contributed by atoms with Crippen molar-refractivity contribution in [3.63, 3.8) is 0 Å². The Morgan fingerprint density at radius 2 is 1.79 bits per heavy atom. The number of hydrogen-bond acceptors (Lipinski definition) is 4. The van der Waals surface area contributed by atoms with Gasteiger partial charge < -0.3 is 15.0 Å². The number of nitrogens with one attached hydrogen (secondary N) is 1. The third-order valence-electron chi connectivity index (χ3n) is 3.30. The summed E-state index contributed by atoms with van der Waals surface area (Å²) in [7, 11) is 0. The molecule has 0 unspecified atom stereocenters. The van der Waals surface area contributed by atoms with E-state index >= 15 is 0 Å². The number of aromatic nitrogens is 1. The van der Waals surface area contributed by atoms with Gasteiger partial charge in [0, 0.05) is 25.1 Å². The molecule has 1 aromatic heterocycles. The second-order valence-electron chi connectivity index (χ2n) is 5.19. The maximum atomic E-state index is 12.4. The fraction of sp³-hybridized carbons (Fsp3) is 0.176. The Bertz CT molecular complexity index is 840. The molecule has 124 valence electrons. The number of carbonyl (C=O) groups is 3. The molecule has 2 aromatic rings. The number of anilines is 1. The van der Waals surface area contributed by atoms with Gasteiger partial charge in [0.25, 0.3) is 5.56 Å². The van der Waals surface area contributed by atoms with Gasteiger partial charge in [-0.15, -0.1) is 0 Å². The van der Waals surface area contributed by atoms with Crippen LogP contribution in [0.25, 0.3) is 0 Å². The van der Waals surface area contributed by atoms with Gasteiger partial charge in [-0.25, -0.2) is 0 Å². The highest BCUT2D eigenvalue weighted by Gasteiger charge is 2.16. The summed E-state index contributed by atoms with van der Waals surface area (Å²) < 4.78 is 0.962. The molecule has 0 spiro atoms. The molecule has 2 N–H and O–H groups in total. The summed E-state index contributed by atoms with van der Waals surface area (Å²) in [6.07, 6.45) is 1.22. The monoisotopic (exact) mass is 328 g/mol. The van der Waals surface area contributed by atoms with Crippen LogP contribution in [-0.2, 0) is 22.6 Å². The first-order valence-corrected chi connectivity index (χ1v) is 7.18. The van der Waals surface area contributed by atoms with Crippen LogP contribution in [0.1, 0.15) is 22.8 Å². The zero-order chi connectivity index (χ0) is 17.7.